The van der Waals surface area contributed by atoms with Gasteiger partial charge in [-0.15, -0.1) is 4.98 Å². The van der Waals surface area contributed by atoms with E-state index in [1.807, 2.05) is 17.0 Å². The van der Waals surface area contributed by atoms with Crippen molar-refractivity contribution in [3.63, 3.8) is 0 Å². The topological polar surface area (TPSA) is 85.4 Å². The Bertz CT molecular complexity index is 895. The predicted octanol–water partition coefficient (Wildman–Crippen LogP) is 2.55. The summed E-state index contributed by atoms with van der Waals surface area (Å²) in [5.41, 5.74) is 0.960. The largest absolute Gasteiger partial charge is 0.467 e. The summed E-state index contributed by atoms with van der Waals surface area (Å²) in [7, 11) is 1.51. The zero-order valence-corrected chi connectivity index (χ0v) is 15.0. The quantitative estimate of drug-likeness (QED) is 0.714. The molecular weight excluding hydrogens is 390 g/mol. The first-order valence-corrected chi connectivity index (χ1v) is 8.52. The third-order valence-electron chi connectivity index (χ3n) is 3.81. The molecule has 0 aliphatic carbocycles. The van der Waals surface area contributed by atoms with Gasteiger partial charge in [-0.2, -0.15) is 9.97 Å². The van der Waals surface area contributed by atoms with E-state index >= 15 is 0 Å². The summed E-state index contributed by atoms with van der Waals surface area (Å²) in [5.74, 6) is 1.10. The van der Waals surface area contributed by atoms with Gasteiger partial charge in [0, 0.05) is 36.3 Å². The molecule has 2 aromatic heterocycles. The molecule has 0 spiro atoms. The fraction of sp³-hybridized carbons (Fsp3) is 0.312. The Kier molecular flexibility index (Phi) is 4.41. The zero-order chi connectivity index (χ0) is 17.2. The lowest BCUT2D eigenvalue weighted by molar-refractivity contribution is 0.122. The first-order chi connectivity index (χ1) is 12.2. The Hall–Kier alpha value is -2.39. The molecule has 0 saturated carbocycles. The molecule has 1 aliphatic heterocycles. The van der Waals surface area contributed by atoms with E-state index in [1.54, 1.807) is 6.20 Å². The Balaban J connectivity index is 1.67. The summed E-state index contributed by atoms with van der Waals surface area (Å²) in [6.07, 6.45) is 1.75. The predicted molar refractivity (Wildman–Crippen MR) is 94.3 cm³/mol. The van der Waals surface area contributed by atoms with Crippen molar-refractivity contribution >= 4 is 32.8 Å². The molecule has 1 fully saturated rings. The van der Waals surface area contributed by atoms with Crippen LogP contribution in [-0.2, 0) is 4.74 Å². The summed E-state index contributed by atoms with van der Waals surface area (Å²) >= 11 is 3.54. The Morgan fingerprint density at radius 3 is 2.80 bits per heavy atom. The van der Waals surface area contributed by atoms with Crippen LogP contribution in [-0.4, -0.2) is 53.3 Å². The number of anilines is 1. The van der Waals surface area contributed by atoms with E-state index in [1.165, 1.54) is 7.11 Å². The molecule has 8 nitrogen and oxygen atoms in total. The van der Waals surface area contributed by atoms with Crippen LogP contribution in [0.25, 0.3) is 10.9 Å². The van der Waals surface area contributed by atoms with Crippen molar-refractivity contribution in [2.75, 3.05) is 38.3 Å². The number of H-pyrrole nitrogens is 1. The summed E-state index contributed by atoms with van der Waals surface area (Å²) < 4.78 is 17.2. The number of hydrogen-bond donors (Lipinski definition) is 1. The molecule has 0 amide bonds. The second kappa shape index (κ2) is 6.85. The Morgan fingerprint density at radius 1 is 1.20 bits per heavy atom. The minimum Gasteiger partial charge on any atom is -0.467 e. The van der Waals surface area contributed by atoms with Crippen molar-refractivity contribution in [1.29, 1.82) is 0 Å². The highest BCUT2D eigenvalue weighted by atomic mass is 79.9. The molecule has 0 bridgehead atoms. The maximum atomic E-state index is 5.88. The number of fused-ring (bicyclic) bond motifs is 1. The first-order valence-electron chi connectivity index (χ1n) is 7.72. The van der Waals surface area contributed by atoms with Crippen LogP contribution in [0.4, 0.5) is 5.95 Å². The van der Waals surface area contributed by atoms with Crippen molar-refractivity contribution in [2.24, 2.45) is 0 Å². The molecule has 3 heterocycles. The van der Waals surface area contributed by atoms with Crippen LogP contribution >= 0.6 is 15.9 Å². The molecule has 0 unspecified atom stereocenters. The lowest BCUT2D eigenvalue weighted by Gasteiger charge is -2.26. The second-order valence-electron chi connectivity index (χ2n) is 5.34. The molecule has 3 aromatic rings. The van der Waals surface area contributed by atoms with Gasteiger partial charge in [-0.3, -0.25) is 0 Å². The summed E-state index contributed by atoms with van der Waals surface area (Å²) in [5, 5.41) is 0.895. The average molecular weight is 405 g/mol. The number of nitrogens with zero attached hydrogens (tertiary/aromatic N) is 4. The molecule has 1 saturated heterocycles. The summed E-state index contributed by atoms with van der Waals surface area (Å²) in [6, 6.07) is 7.24. The normalized spacial score (nSPS) is 14.7. The van der Waals surface area contributed by atoms with Crippen LogP contribution in [0.5, 0.6) is 17.8 Å². The third-order valence-corrected chi connectivity index (χ3v) is 4.60. The zero-order valence-electron chi connectivity index (χ0n) is 13.5. The van der Waals surface area contributed by atoms with Crippen molar-refractivity contribution in [3.8, 4) is 17.8 Å². The number of nitrogens with one attached hydrogen (secondary N) is 1. The first kappa shape index (κ1) is 16.1. The summed E-state index contributed by atoms with van der Waals surface area (Å²) in [6.45, 7) is 2.69. The highest BCUT2D eigenvalue weighted by molar-refractivity contribution is 9.10. The minimum atomic E-state index is 0.170. The lowest BCUT2D eigenvalue weighted by atomic mass is 10.2. The van der Waals surface area contributed by atoms with E-state index in [0.29, 0.717) is 38.0 Å². The van der Waals surface area contributed by atoms with Gasteiger partial charge in [-0.1, -0.05) is 0 Å². The number of rotatable bonds is 4. The van der Waals surface area contributed by atoms with E-state index in [-0.39, 0.29) is 12.0 Å². The average Bonchev–Trinajstić information content (AvgIpc) is 3.14. The standard InChI is InChI=1S/C16H15BrN5O3/c1-23-15-19-14(22-6-8-24-9-7-22)20-16(21-15)25-12-3-2-11-10(13(12)17)4-5-18-11/h2-3,5,18H,6-9H2,1H3. The van der Waals surface area contributed by atoms with Gasteiger partial charge in [0.15, 0.2) is 0 Å². The number of aromatic nitrogens is 4. The van der Waals surface area contributed by atoms with E-state index in [4.69, 9.17) is 14.2 Å². The van der Waals surface area contributed by atoms with Gasteiger partial charge >= 0.3 is 12.0 Å². The van der Waals surface area contributed by atoms with Crippen LogP contribution in [0.1, 0.15) is 0 Å². The summed E-state index contributed by atoms with van der Waals surface area (Å²) in [4.78, 5) is 18.0. The third kappa shape index (κ3) is 3.24. The number of methoxy groups -OCH3 is 1. The number of benzene rings is 1. The number of halogens is 1. The monoisotopic (exact) mass is 404 g/mol. The van der Waals surface area contributed by atoms with Crippen LogP contribution in [0.15, 0.2) is 22.8 Å². The molecule has 1 aromatic carbocycles. The number of aromatic amines is 1. The molecule has 9 heteroatoms. The van der Waals surface area contributed by atoms with Gasteiger partial charge in [0.05, 0.1) is 24.8 Å². The van der Waals surface area contributed by atoms with Gasteiger partial charge < -0.3 is 24.1 Å². The number of hydrogen-bond acceptors (Lipinski definition) is 7. The maximum Gasteiger partial charge on any atom is 0.330 e. The van der Waals surface area contributed by atoms with E-state index in [2.05, 4.69) is 41.9 Å². The van der Waals surface area contributed by atoms with Gasteiger partial charge in [-0.25, -0.2) is 0 Å². The lowest BCUT2D eigenvalue weighted by Crippen LogP contribution is -2.37. The molecular formula is C16H15BrN5O3. The van der Waals surface area contributed by atoms with E-state index in [0.717, 1.165) is 15.4 Å². The fourth-order valence-corrected chi connectivity index (χ4v) is 3.09. The highest BCUT2D eigenvalue weighted by Gasteiger charge is 2.18. The van der Waals surface area contributed by atoms with E-state index in [9.17, 15) is 0 Å². The molecule has 25 heavy (non-hydrogen) atoms. The molecule has 1 aliphatic rings. The van der Waals surface area contributed by atoms with Crippen LogP contribution < -0.4 is 14.4 Å². The van der Waals surface area contributed by atoms with Crippen molar-refractivity contribution in [3.05, 3.63) is 28.9 Å². The Morgan fingerprint density at radius 2 is 2.00 bits per heavy atom. The second-order valence-corrected chi connectivity index (χ2v) is 6.13. The van der Waals surface area contributed by atoms with E-state index < -0.39 is 0 Å². The van der Waals surface area contributed by atoms with Gasteiger partial charge in [0.25, 0.3) is 0 Å². The van der Waals surface area contributed by atoms with Crippen molar-refractivity contribution < 1.29 is 14.2 Å². The number of ether oxygens (including phenoxy) is 3. The fourth-order valence-electron chi connectivity index (χ4n) is 2.55. The molecule has 129 valence electrons. The minimum absolute atomic E-state index is 0.170. The smallest absolute Gasteiger partial charge is 0.330 e. The van der Waals surface area contributed by atoms with Crippen LogP contribution in [0.2, 0.25) is 0 Å². The molecule has 4 rings (SSSR count). The van der Waals surface area contributed by atoms with Crippen LogP contribution in [0.3, 0.4) is 0 Å². The molecule has 1 radical (unpaired) electrons. The van der Waals surface area contributed by atoms with Crippen molar-refractivity contribution in [2.45, 2.75) is 0 Å². The van der Waals surface area contributed by atoms with Gasteiger partial charge in [0.2, 0.25) is 5.95 Å². The maximum absolute atomic E-state index is 5.88. The van der Waals surface area contributed by atoms with Gasteiger partial charge in [-0.05, 0) is 28.1 Å². The SMILES string of the molecule is COc1nc(Oc2ccc3[nH]c[c]c3c2Br)nc(N2CCOCC2)n1. The number of morpholine rings is 1. The van der Waals surface area contributed by atoms with Crippen LogP contribution in [0, 0.1) is 6.07 Å². The highest BCUT2D eigenvalue weighted by Crippen LogP contribution is 2.35. The van der Waals surface area contributed by atoms with Gasteiger partial charge in [0.1, 0.15) is 5.75 Å². The van der Waals surface area contributed by atoms with Crippen molar-refractivity contribution in [1.82, 2.24) is 19.9 Å². The molecule has 1 N–H and O–H groups in total. The molecule has 0 atom stereocenters. The Labute approximate surface area is 152 Å².